The molecule has 48 heavy (non-hydrogen) atoms. The van der Waals surface area contributed by atoms with Crippen LogP contribution in [0, 0.1) is 0 Å². The van der Waals surface area contributed by atoms with Crippen LogP contribution < -0.4 is 5.19 Å². The average molecular weight is 669 g/mol. The van der Waals surface area contributed by atoms with Crippen LogP contribution in [0.2, 0.25) is 19.1 Å². The molecule has 0 atom stereocenters. The Hall–Kier alpha value is -3.74. The third kappa shape index (κ3) is 11.7. The van der Waals surface area contributed by atoms with Crippen molar-refractivity contribution < 1.29 is 24.2 Å². The molecule has 0 aliphatic rings. The molecule has 3 rings (SSSR count). The van der Waals surface area contributed by atoms with Crippen molar-refractivity contribution in [3.8, 4) is 22.3 Å². The minimum absolute atomic E-state index is 0.169. The Bertz CT molecular complexity index is 1520. The smallest absolute Gasteiger partial charge is 0.333 e. The van der Waals surface area contributed by atoms with Gasteiger partial charge in [0.05, 0.1) is 14.7 Å². The van der Waals surface area contributed by atoms with Crippen molar-refractivity contribution in [1.82, 2.24) is 0 Å². The summed E-state index contributed by atoms with van der Waals surface area (Å²) in [6.07, 6.45) is 9.03. The summed E-state index contributed by atoms with van der Waals surface area (Å²) < 4.78 is 11.2. The molecule has 0 saturated carbocycles. The van der Waals surface area contributed by atoms with E-state index in [1.807, 2.05) is 0 Å². The molecule has 0 aliphatic carbocycles. The number of ether oxygens (including phenoxy) is 2. The molecular formula is C42H56O5Si. The lowest BCUT2D eigenvalue weighted by atomic mass is 9.95. The van der Waals surface area contributed by atoms with Gasteiger partial charge in [0.1, 0.15) is 6.61 Å². The second-order valence-corrected chi connectivity index (χ2v) is 18.5. The number of aryl methyl sites for hydroxylation is 2. The molecule has 0 aliphatic heterocycles. The second kappa shape index (κ2) is 19.3. The Morgan fingerprint density at radius 2 is 1.25 bits per heavy atom. The maximum Gasteiger partial charge on any atom is 0.333 e. The van der Waals surface area contributed by atoms with Crippen molar-refractivity contribution in [2.45, 2.75) is 104 Å². The minimum atomic E-state index is -2.03. The fraction of sp³-hybridized carbons (Fsp3) is 0.429. The number of esters is 2. The van der Waals surface area contributed by atoms with Crippen LogP contribution in [0.15, 0.2) is 85.0 Å². The van der Waals surface area contributed by atoms with Gasteiger partial charge in [-0.05, 0) is 91.0 Å². The summed E-state index contributed by atoms with van der Waals surface area (Å²) >= 11 is 0. The van der Waals surface area contributed by atoms with Crippen LogP contribution in [-0.4, -0.2) is 38.3 Å². The molecule has 0 bridgehead atoms. The number of rotatable bonds is 20. The van der Waals surface area contributed by atoms with Gasteiger partial charge in [0.15, 0.2) is 0 Å². The van der Waals surface area contributed by atoms with Gasteiger partial charge in [0, 0.05) is 17.8 Å². The molecule has 6 heteroatoms. The SMILES string of the molecule is C=C(C)C(=O)OCCCc1cc(-c2ccc(-c3ccc(CCCCC)cc3)cc2)cc(COC(=O)C(=C)C)c1[Si](C)(C)CCCCCO. The first-order valence-electron chi connectivity index (χ1n) is 17.6. The minimum Gasteiger partial charge on any atom is -0.462 e. The van der Waals surface area contributed by atoms with Crippen molar-refractivity contribution >= 4 is 25.2 Å². The molecule has 0 radical (unpaired) electrons. The molecule has 3 aromatic carbocycles. The monoisotopic (exact) mass is 668 g/mol. The summed E-state index contributed by atoms with van der Waals surface area (Å²) in [5.41, 5.74) is 8.90. The van der Waals surface area contributed by atoms with Gasteiger partial charge < -0.3 is 14.6 Å². The van der Waals surface area contributed by atoms with Gasteiger partial charge in [0.25, 0.3) is 0 Å². The van der Waals surface area contributed by atoms with Gasteiger partial charge in [0.2, 0.25) is 0 Å². The van der Waals surface area contributed by atoms with E-state index >= 15 is 0 Å². The van der Waals surface area contributed by atoms with E-state index < -0.39 is 14.0 Å². The maximum atomic E-state index is 12.6. The van der Waals surface area contributed by atoms with Crippen molar-refractivity contribution in [2.75, 3.05) is 13.2 Å². The summed E-state index contributed by atoms with van der Waals surface area (Å²) in [6.45, 7) is 18.5. The number of aliphatic hydroxyl groups is 1. The highest BCUT2D eigenvalue weighted by Crippen LogP contribution is 2.30. The molecule has 0 unspecified atom stereocenters. The summed E-state index contributed by atoms with van der Waals surface area (Å²) in [6, 6.07) is 23.1. The summed E-state index contributed by atoms with van der Waals surface area (Å²) in [7, 11) is -2.03. The first-order valence-corrected chi connectivity index (χ1v) is 20.8. The van der Waals surface area contributed by atoms with Crippen molar-refractivity contribution in [2.24, 2.45) is 0 Å². The highest BCUT2D eigenvalue weighted by atomic mass is 28.3. The lowest BCUT2D eigenvalue weighted by Gasteiger charge is -2.30. The van der Waals surface area contributed by atoms with Crippen LogP contribution in [0.4, 0.5) is 0 Å². The van der Waals surface area contributed by atoms with Crippen molar-refractivity contribution in [1.29, 1.82) is 0 Å². The van der Waals surface area contributed by atoms with E-state index in [4.69, 9.17) is 9.47 Å². The van der Waals surface area contributed by atoms with Gasteiger partial charge >= 0.3 is 11.9 Å². The zero-order valence-corrected chi connectivity index (χ0v) is 31.0. The van der Waals surface area contributed by atoms with E-state index in [0.29, 0.717) is 24.2 Å². The van der Waals surface area contributed by atoms with Crippen LogP contribution in [0.3, 0.4) is 0 Å². The zero-order chi connectivity index (χ0) is 35.1. The van der Waals surface area contributed by atoms with E-state index in [1.54, 1.807) is 13.8 Å². The molecule has 0 amide bonds. The molecule has 1 N–H and O–H groups in total. The molecule has 0 saturated heterocycles. The summed E-state index contributed by atoms with van der Waals surface area (Å²) in [4.78, 5) is 24.6. The highest BCUT2D eigenvalue weighted by Gasteiger charge is 2.29. The van der Waals surface area contributed by atoms with Crippen LogP contribution in [0.25, 0.3) is 22.3 Å². The molecule has 258 valence electrons. The van der Waals surface area contributed by atoms with Crippen molar-refractivity contribution in [3.63, 3.8) is 0 Å². The first-order chi connectivity index (χ1) is 23.0. The number of unbranched alkanes of at least 4 members (excludes halogenated alkanes) is 4. The number of hydrogen-bond donors (Lipinski definition) is 1. The standard InChI is InChI=1S/C42H56O5Si/c1-8-9-11-15-33-17-19-34(20-18-33)35-21-23-36(24-22-35)38-28-37(16-14-26-46-41(44)31(2)3)40(48(6,7)27-13-10-12-25-43)39(29-38)30-47-42(45)32(4)5/h17-24,28-29,43H,2,4,8-16,25-27,30H2,1,3,5-7H3. The first kappa shape index (κ1) is 38.7. The molecule has 0 heterocycles. The van der Waals surface area contributed by atoms with Gasteiger partial charge in [-0.3, -0.25) is 0 Å². The normalized spacial score (nSPS) is 11.3. The molecular weight excluding hydrogens is 613 g/mol. The van der Waals surface area contributed by atoms with Crippen LogP contribution >= 0.6 is 0 Å². The topological polar surface area (TPSA) is 72.8 Å². The summed E-state index contributed by atoms with van der Waals surface area (Å²) in [5.74, 6) is -0.774. The van der Waals surface area contributed by atoms with E-state index in [9.17, 15) is 14.7 Å². The average Bonchev–Trinajstić information content (AvgIpc) is 3.07. The Kier molecular flexibility index (Phi) is 15.6. The maximum absolute atomic E-state index is 12.6. The lowest BCUT2D eigenvalue weighted by Crippen LogP contribution is -2.46. The number of carbonyl (C=O) groups excluding carboxylic acids is 2. The van der Waals surface area contributed by atoms with E-state index in [-0.39, 0.29) is 19.2 Å². The predicted octanol–water partition coefficient (Wildman–Crippen LogP) is 9.50. The Morgan fingerprint density at radius 3 is 1.83 bits per heavy atom. The second-order valence-electron chi connectivity index (χ2n) is 13.7. The van der Waals surface area contributed by atoms with Gasteiger partial charge in [-0.15, -0.1) is 0 Å². The Labute approximate surface area is 290 Å². The van der Waals surface area contributed by atoms with Crippen molar-refractivity contribution in [3.05, 3.63) is 102 Å². The lowest BCUT2D eigenvalue weighted by molar-refractivity contribution is -0.140. The fourth-order valence-corrected chi connectivity index (χ4v) is 9.67. The highest BCUT2D eigenvalue weighted by molar-refractivity contribution is 6.90. The predicted molar refractivity (Wildman–Crippen MR) is 202 cm³/mol. The van der Waals surface area contributed by atoms with Crippen LogP contribution in [-0.2, 0) is 38.5 Å². The molecule has 5 nitrogen and oxygen atoms in total. The molecule has 0 fully saturated rings. The van der Waals surface area contributed by atoms with Gasteiger partial charge in [-0.1, -0.05) is 125 Å². The molecule has 0 aromatic heterocycles. The number of carbonyl (C=O) groups is 2. The Morgan fingerprint density at radius 1 is 0.688 bits per heavy atom. The van der Waals surface area contributed by atoms with Crippen LogP contribution in [0.1, 0.15) is 82.4 Å². The fourth-order valence-electron chi connectivity index (χ4n) is 6.21. The third-order valence-electron chi connectivity index (χ3n) is 8.89. The van der Waals surface area contributed by atoms with Gasteiger partial charge in [-0.25, -0.2) is 9.59 Å². The zero-order valence-electron chi connectivity index (χ0n) is 30.0. The summed E-state index contributed by atoms with van der Waals surface area (Å²) in [5, 5.41) is 10.6. The van der Waals surface area contributed by atoms with E-state index in [0.717, 1.165) is 54.8 Å². The van der Waals surface area contributed by atoms with E-state index in [2.05, 4.69) is 93.8 Å². The van der Waals surface area contributed by atoms with Gasteiger partial charge in [-0.2, -0.15) is 0 Å². The number of aliphatic hydroxyl groups excluding tert-OH is 1. The third-order valence-corrected chi connectivity index (χ3v) is 12.5. The quantitative estimate of drug-likeness (QED) is 0.0562. The largest absolute Gasteiger partial charge is 0.462 e. The molecule has 0 spiro atoms. The van der Waals surface area contributed by atoms with Crippen LogP contribution in [0.5, 0.6) is 0 Å². The number of hydrogen-bond acceptors (Lipinski definition) is 5. The van der Waals surface area contributed by atoms with E-state index in [1.165, 1.54) is 46.7 Å². The number of benzene rings is 3. The Balaban J connectivity index is 2.00. The molecule has 3 aromatic rings.